The number of aliphatic imine (C=N–C) groups is 1. The van der Waals surface area contributed by atoms with Gasteiger partial charge in [-0.25, -0.2) is 9.38 Å². The molecule has 0 N–H and O–H groups in total. The van der Waals surface area contributed by atoms with Gasteiger partial charge in [-0.3, -0.25) is 4.79 Å². The van der Waals surface area contributed by atoms with E-state index in [1.54, 1.807) is 44.8 Å². The van der Waals surface area contributed by atoms with Crippen LogP contribution >= 0.6 is 11.8 Å². The SMILES string of the molecule is C=C(Oc1ccc(CSC)cc1F)/C(OC)=C(\N=C/C)OCC12CCN(C)CC1C2.CC(C)OC=O.CCC. The van der Waals surface area contributed by atoms with Crippen LogP contribution < -0.4 is 4.74 Å². The zero-order valence-electron chi connectivity index (χ0n) is 24.9. The van der Waals surface area contributed by atoms with Crippen LogP contribution in [0.1, 0.15) is 59.4 Å². The predicted octanol–water partition coefficient (Wildman–Crippen LogP) is 6.83. The van der Waals surface area contributed by atoms with Crippen LogP contribution in [0.4, 0.5) is 4.39 Å². The Morgan fingerprint density at radius 2 is 2.05 bits per heavy atom. The molecule has 1 heterocycles. The van der Waals surface area contributed by atoms with Crippen molar-refractivity contribution in [1.82, 2.24) is 4.90 Å². The quantitative estimate of drug-likeness (QED) is 0.119. The van der Waals surface area contributed by atoms with Gasteiger partial charge in [0, 0.05) is 23.9 Å². The first-order valence-electron chi connectivity index (χ1n) is 13.4. The van der Waals surface area contributed by atoms with Crippen molar-refractivity contribution in [2.45, 2.75) is 65.7 Å². The molecule has 2 atom stereocenters. The second kappa shape index (κ2) is 17.9. The number of ether oxygens (including phenoxy) is 4. The van der Waals surface area contributed by atoms with Gasteiger partial charge in [-0.2, -0.15) is 11.8 Å². The predicted molar refractivity (Wildman–Crippen MR) is 158 cm³/mol. The molecule has 0 spiro atoms. The smallest absolute Gasteiger partial charge is 0.293 e. The van der Waals surface area contributed by atoms with E-state index in [0.29, 0.717) is 24.9 Å². The Morgan fingerprint density at radius 3 is 2.54 bits per heavy atom. The Bertz CT molecular complexity index is 969. The van der Waals surface area contributed by atoms with E-state index in [1.807, 2.05) is 12.3 Å². The topological polar surface area (TPSA) is 69.6 Å². The number of hydrogen-bond donors (Lipinski definition) is 0. The van der Waals surface area contributed by atoms with Crippen molar-refractivity contribution in [2.24, 2.45) is 16.3 Å². The van der Waals surface area contributed by atoms with E-state index in [0.717, 1.165) is 30.8 Å². The van der Waals surface area contributed by atoms with Crippen molar-refractivity contribution in [1.29, 1.82) is 0 Å². The molecule has 0 aromatic heterocycles. The third-order valence-corrected chi connectivity index (χ3v) is 6.77. The molecule has 2 aliphatic rings. The molecule has 1 aliphatic carbocycles. The molecule has 220 valence electrons. The normalized spacial score (nSPS) is 20.4. The second-order valence-electron chi connectivity index (χ2n) is 10.0. The van der Waals surface area contributed by atoms with E-state index < -0.39 is 5.82 Å². The fourth-order valence-electron chi connectivity index (χ4n) is 4.11. The van der Waals surface area contributed by atoms with Gasteiger partial charge >= 0.3 is 0 Å². The number of nitrogens with zero attached hydrogens (tertiary/aromatic N) is 2. The Labute approximate surface area is 238 Å². The Hall–Kier alpha value is -2.52. The van der Waals surface area contributed by atoms with Gasteiger partial charge in [-0.05, 0) is 77.1 Å². The molecule has 0 radical (unpaired) electrons. The lowest BCUT2D eigenvalue weighted by molar-refractivity contribution is -0.131. The fourth-order valence-corrected chi connectivity index (χ4v) is 4.62. The number of rotatable bonds is 12. The highest BCUT2D eigenvalue weighted by atomic mass is 32.2. The van der Waals surface area contributed by atoms with Crippen LogP contribution in [0.2, 0.25) is 0 Å². The van der Waals surface area contributed by atoms with Gasteiger partial charge in [0.25, 0.3) is 12.4 Å². The molecule has 9 heteroatoms. The van der Waals surface area contributed by atoms with Crippen LogP contribution in [0.15, 0.2) is 47.2 Å². The summed E-state index contributed by atoms with van der Waals surface area (Å²) >= 11 is 1.63. The van der Waals surface area contributed by atoms with Gasteiger partial charge in [0.1, 0.15) is 0 Å². The van der Waals surface area contributed by atoms with Crippen molar-refractivity contribution in [2.75, 3.05) is 40.1 Å². The molecule has 7 nitrogen and oxygen atoms in total. The summed E-state index contributed by atoms with van der Waals surface area (Å²) in [6, 6.07) is 4.92. The molecular formula is C30H47FN2O5S. The van der Waals surface area contributed by atoms with Gasteiger partial charge < -0.3 is 23.8 Å². The maximum absolute atomic E-state index is 14.4. The number of fused-ring (bicyclic) bond motifs is 1. The number of benzene rings is 1. The number of thioether (sulfide) groups is 1. The minimum atomic E-state index is -0.439. The molecule has 39 heavy (non-hydrogen) atoms. The summed E-state index contributed by atoms with van der Waals surface area (Å²) < 4.78 is 36.1. The minimum Gasteiger partial charge on any atom is -0.489 e. The van der Waals surface area contributed by atoms with Gasteiger partial charge in [-0.1, -0.05) is 32.9 Å². The molecule has 1 saturated heterocycles. The molecule has 1 saturated carbocycles. The van der Waals surface area contributed by atoms with E-state index in [9.17, 15) is 9.18 Å². The van der Waals surface area contributed by atoms with Crippen LogP contribution in [-0.4, -0.2) is 63.8 Å². The summed E-state index contributed by atoms with van der Waals surface area (Å²) in [6.07, 6.45) is 7.18. The average Bonchev–Trinajstić information content (AvgIpc) is 3.59. The first-order valence-corrected chi connectivity index (χ1v) is 14.8. The first-order chi connectivity index (χ1) is 18.6. The molecule has 1 aromatic carbocycles. The van der Waals surface area contributed by atoms with E-state index in [2.05, 4.69) is 42.1 Å². The van der Waals surface area contributed by atoms with E-state index in [1.165, 1.54) is 26.0 Å². The molecule has 0 amide bonds. The van der Waals surface area contributed by atoms with E-state index in [4.69, 9.17) is 14.2 Å². The number of carbonyl (C=O) groups excluding carboxylic acids is 1. The number of piperidine rings is 1. The lowest BCUT2D eigenvalue weighted by atomic mass is 9.96. The number of likely N-dealkylation sites (tertiary alicyclic amines) is 1. The van der Waals surface area contributed by atoms with Crippen LogP contribution in [0.5, 0.6) is 5.75 Å². The summed E-state index contributed by atoms with van der Waals surface area (Å²) in [5.74, 6) is 1.79. The maximum Gasteiger partial charge on any atom is 0.293 e. The molecule has 2 fully saturated rings. The lowest BCUT2D eigenvalue weighted by Gasteiger charge is -2.28. The molecule has 1 aromatic rings. The van der Waals surface area contributed by atoms with E-state index >= 15 is 0 Å². The summed E-state index contributed by atoms with van der Waals surface area (Å²) in [5.41, 5.74) is 1.12. The highest BCUT2D eigenvalue weighted by Gasteiger charge is 2.56. The molecule has 3 rings (SSSR count). The van der Waals surface area contributed by atoms with Crippen LogP contribution in [0.3, 0.4) is 0 Å². The number of halogens is 1. The van der Waals surface area contributed by atoms with Crippen molar-refractivity contribution in [3.63, 3.8) is 0 Å². The molecule has 2 unspecified atom stereocenters. The van der Waals surface area contributed by atoms with Crippen molar-refractivity contribution >= 4 is 24.4 Å². The number of hydrogen-bond acceptors (Lipinski definition) is 8. The first kappa shape index (κ1) is 34.5. The minimum absolute atomic E-state index is 0.0301. The third kappa shape index (κ3) is 11.6. The van der Waals surface area contributed by atoms with Gasteiger partial charge in [0.05, 0.1) is 19.8 Å². The largest absolute Gasteiger partial charge is 0.489 e. The zero-order valence-corrected chi connectivity index (χ0v) is 25.7. The zero-order chi connectivity index (χ0) is 29.4. The third-order valence-electron chi connectivity index (χ3n) is 6.14. The molecule has 0 bridgehead atoms. The van der Waals surface area contributed by atoms with Crippen molar-refractivity contribution in [3.8, 4) is 5.75 Å². The highest BCUT2D eigenvalue weighted by Crippen LogP contribution is 2.58. The van der Waals surface area contributed by atoms with Gasteiger partial charge in [0.15, 0.2) is 17.3 Å². The average molecular weight is 567 g/mol. The number of methoxy groups -OCH3 is 1. The molecule has 1 aliphatic heterocycles. The Kier molecular flexibility index (Phi) is 15.9. The summed E-state index contributed by atoms with van der Waals surface area (Å²) in [6.45, 7) is 16.8. The van der Waals surface area contributed by atoms with Crippen LogP contribution in [-0.2, 0) is 24.8 Å². The summed E-state index contributed by atoms with van der Waals surface area (Å²) in [7, 11) is 3.66. The summed E-state index contributed by atoms with van der Waals surface area (Å²) in [4.78, 5) is 16.1. The van der Waals surface area contributed by atoms with Gasteiger partial charge in [0.2, 0.25) is 5.76 Å². The van der Waals surface area contributed by atoms with E-state index in [-0.39, 0.29) is 28.8 Å². The van der Waals surface area contributed by atoms with Crippen LogP contribution in [0.25, 0.3) is 0 Å². The van der Waals surface area contributed by atoms with Crippen molar-refractivity contribution in [3.05, 3.63) is 53.6 Å². The monoisotopic (exact) mass is 566 g/mol. The molecular weight excluding hydrogens is 519 g/mol. The summed E-state index contributed by atoms with van der Waals surface area (Å²) in [5, 5.41) is 0. The highest BCUT2D eigenvalue weighted by molar-refractivity contribution is 7.97. The van der Waals surface area contributed by atoms with Gasteiger partial charge in [-0.15, -0.1) is 0 Å². The Balaban J connectivity index is 0.000000734. The lowest BCUT2D eigenvalue weighted by Crippen LogP contribution is -2.33. The maximum atomic E-state index is 14.4. The second-order valence-corrected chi connectivity index (χ2v) is 10.9. The van der Waals surface area contributed by atoms with Crippen molar-refractivity contribution < 1.29 is 28.1 Å². The van der Waals surface area contributed by atoms with Crippen LogP contribution in [0, 0.1) is 17.2 Å². The fraction of sp³-hybridized carbons (Fsp3) is 0.600. The standard InChI is InChI=1S/C23H31FN2O3S.C4H8O2.C3H8/c1-6-25-22(28-15-23-9-10-26(3)13-18(23)12-23)21(27-4)16(2)29-20-8-7-17(14-30-5)11-19(20)24;1-4(2)6-3-5;1-3-2/h6-8,11,18H,2,9-10,12-15H2,1,3-5H3;3-4H,1-2H3;3H2,1-2H3/b22-21-,25-6-;;. The number of carbonyl (C=O) groups is 1. The Morgan fingerprint density at radius 1 is 1.36 bits per heavy atom.